The van der Waals surface area contributed by atoms with Crippen LogP contribution < -0.4 is 0 Å². The van der Waals surface area contributed by atoms with Gasteiger partial charge in [0.05, 0.1) is 5.60 Å². The van der Waals surface area contributed by atoms with Crippen LogP contribution in [0.15, 0.2) is 0 Å². The normalized spacial score (nSPS) is 48.3. The molecule has 0 aromatic heterocycles. The Balaban J connectivity index is 1.98. The van der Waals surface area contributed by atoms with Crippen molar-refractivity contribution in [3.8, 4) is 0 Å². The van der Waals surface area contributed by atoms with Crippen molar-refractivity contribution < 1.29 is 9.90 Å². The first-order valence-electron chi connectivity index (χ1n) is 6.97. The maximum absolute atomic E-state index is 12.1. The molecule has 4 atom stereocenters. The minimum absolute atomic E-state index is 0.000278. The van der Waals surface area contributed by atoms with E-state index in [1.165, 1.54) is 25.7 Å². The lowest BCUT2D eigenvalue weighted by atomic mass is 9.55. The molecule has 3 aliphatic rings. The minimum Gasteiger partial charge on any atom is -0.389 e. The van der Waals surface area contributed by atoms with E-state index >= 15 is 0 Å². The maximum atomic E-state index is 12.1. The van der Waals surface area contributed by atoms with Crippen molar-refractivity contribution in [1.82, 2.24) is 0 Å². The number of hydrogen-bond acceptors (Lipinski definition) is 2. The molecule has 2 heteroatoms. The molecule has 1 N–H and O–H groups in total. The van der Waals surface area contributed by atoms with Crippen molar-refractivity contribution in [1.29, 1.82) is 0 Å². The van der Waals surface area contributed by atoms with Crippen molar-refractivity contribution in [3.63, 3.8) is 0 Å². The molecule has 3 saturated carbocycles. The fourth-order valence-corrected chi connectivity index (χ4v) is 4.60. The lowest BCUT2D eigenvalue weighted by molar-refractivity contribution is -0.167. The first-order chi connectivity index (χ1) is 7.72. The van der Waals surface area contributed by atoms with Crippen molar-refractivity contribution in [2.45, 2.75) is 63.4 Å². The maximum Gasteiger partial charge on any atom is 0.139 e. The molecule has 0 radical (unpaired) electrons. The van der Waals surface area contributed by atoms with Gasteiger partial charge in [-0.2, -0.15) is 0 Å². The van der Waals surface area contributed by atoms with Gasteiger partial charge >= 0.3 is 0 Å². The summed E-state index contributed by atoms with van der Waals surface area (Å²) in [5.41, 5.74) is -0.612. The summed E-state index contributed by atoms with van der Waals surface area (Å²) in [6.07, 6.45) is 9.69. The van der Waals surface area contributed by atoms with Crippen LogP contribution in [0, 0.1) is 17.8 Å². The highest BCUT2D eigenvalue weighted by Gasteiger charge is 2.54. The fourth-order valence-electron chi connectivity index (χ4n) is 4.60. The zero-order valence-corrected chi connectivity index (χ0v) is 9.95. The minimum atomic E-state index is -0.612. The molecule has 0 spiro atoms. The van der Waals surface area contributed by atoms with Gasteiger partial charge < -0.3 is 5.11 Å². The SMILES string of the molecule is O=C1CC[C@H]2CCCC[C@@H]3CCC[C@@]2(O)[C@H]13. The van der Waals surface area contributed by atoms with Crippen molar-refractivity contribution in [2.75, 3.05) is 0 Å². The van der Waals surface area contributed by atoms with E-state index in [0.717, 1.165) is 32.1 Å². The summed E-state index contributed by atoms with van der Waals surface area (Å²) in [6, 6.07) is 0. The summed E-state index contributed by atoms with van der Waals surface area (Å²) in [7, 11) is 0. The number of aliphatic hydroxyl groups is 1. The van der Waals surface area contributed by atoms with Crippen molar-refractivity contribution >= 4 is 5.78 Å². The zero-order valence-electron chi connectivity index (χ0n) is 9.95. The van der Waals surface area contributed by atoms with E-state index < -0.39 is 5.60 Å². The average molecular weight is 222 g/mol. The predicted molar refractivity (Wildman–Crippen MR) is 62.0 cm³/mol. The lowest BCUT2D eigenvalue weighted by Crippen LogP contribution is -2.57. The quantitative estimate of drug-likeness (QED) is 0.684. The molecular formula is C14H22O2. The van der Waals surface area contributed by atoms with Gasteiger partial charge in [0, 0.05) is 12.3 Å². The molecule has 0 saturated heterocycles. The second-order valence-corrected chi connectivity index (χ2v) is 6.11. The Labute approximate surface area is 97.4 Å². The van der Waals surface area contributed by atoms with Crippen LogP contribution in [0.1, 0.15) is 57.8 Å². The first kappa shape index (κ1) is 10.8. The van der Waals surface area contributed by atoms with E-state index in [4.69, 9.17) is 0 Å². The van der Waals surface area contributed by atoms with Gasteiger partial charge in [0.1, 0.15) is 5.78 Å². The molecule has 0 heterocycles. The molecular weight excluding hydrogens is 200 g/mol. The molecule has 16 heavy (non-hydrogen) atoms. The summed E-state index contributed by atoms with van der Waals surface area (Å²) in [5.74, 6) is 1.28. The average Bonchev–Trinajstić information content (AvgIpc) is 2.26. The van der Waals surface area contributed by atoms with E-state index in [1.54, 1.807) is 0 Å². The summed E-state index contributed by atoms with van der Waals surface area (Å²) in [4.78, 5) is 12.1. The van der Waals surface area contributed by atoms with E-state index in [1.807, 2.05) is 0 Å². The number of Topliss-reactive ketones (excluding diaryl/α,β-unsaturated/α-hetero) is 1. The molecule has 2 nitrogen and oxygen atoms in total. The number of carbonyl (C=O) groups excluding carboxylic acids is 1. The molecule has 0 aliphatic heterocycles. The molecule has 0 unspecified atom stereocenters. The Hall–Kier alpha value is -0.370. The molecule has 3 rings (SSSR count). The monoisotopic (exact) mass is 222 g/mol. The van der Waals surface area contributed by atoms with Crippen LogP contribution >= 0.6 is 0 Å². The molecule has 90 valence electrons. The number of ketones is 1. The van der Waals surface area contributed by atoms with Crippen LogP contribution in [-0.2, 0) is 4.79 Å². The summed E-state index contributed by atoms with van der Waals surface area (Å²) in [5, 5.41) is 10.9. The molecule has 0 aromatic rings. The van der Waals surface area contributed by atoms with Gasteiger partial charge in [0.25, 0.3) is 0 Å². The topological polar surface area (TPSA) is 37.3 Å². The largest absolute Gasteiger partial charge is 0.389 e. The Morgan fingerprint density at radius 3 is 2.69 bits per heavy atom. The van der Waals surface area contributed by atoms with Crippen molar-refractivity contribution in [2.24, 2.45) is 17.8 Å². The first-order valence-corrected chi connectivity index (χ1v) is 6.97. The van der Waals surface area contributed by atoms with Gasteiger partial charge in [-0.05, 0) is 43.9 Å². The van der Waals surface area contributed by atoms with Gasteiger partial charge in [0.15, 0.2) is 0 Å². The molecule has 4 bridgehead atoms. The summed E-state index contributed by atoms with van der Waals surface area (Å²) >= 11 is 0. The van der Waals surface area contributed by atoms with Gasteiger partial charge in [-0.1, -0.05) is 19.3 Å². The summed E-state index contributed by atoms with van der Waals surface area (Å²) < 4.78 is 0. The summed E-state index contributed by atoms with van der Waals surface area (Å²) in [6.45, 7) is 0. The van der Waals surface area contributed by atoms with Gasteiger partial charge in [0.2, 0.25) is 0 Å². The standard InChI is InChI=1S/C14H22O2/c15-12-8-7-11-6-2-1-4-10-5-3-9-14(11,16)13(10)12/h10-11,13,16H,1-9H2/t10-,11-,13+,14+/m1/s1. The Morgan fingerprint density at radius 2 is 1.81 bits per heavy atom. The number of hydrogen-bond donors (Lipinski definition) is 1. The lowest BCUT2D eigenvalue weighted by Gasteiger charge is -2.52. The fraction of sp³-hybridized carbons (Fsp3) is 0.929. The highest BCUT2D eigenvalue weighted by Crippen LogP contribution is 2.52. The number of rotatable bonds is 0. The Kier molecular flexibility index (Phi) is 2.58. The van der Waals surface area contributed by atoms with Crippen LogP contribution in [0.3, 0.4) is 0 Å². The van der Waals surface area contributed by atoms with Crippen LogP contribution in [0.25, 0.3) is 0 Å². The molecule has 0 aromatic carbocycles. The third-order valence-electron chi connectivity index (χ3n) is 5.33. The molecule has 3 fully saturated rings. The van der Waals surface area contributed by atoms with E-state index in [9.17, 15) is 9.90 Å². The molecule has 3 aliphatic carbocycles. The second kappa shape index (κ2) is 3.83. The van der Waals surface area contributed by atoms with E-state index in [-0.39, 0.29) is 5.92 Å². The number of carbonyl (C=O) groups is 1. The molecule has 0 amide bonds. The highest BCUT2D eigenvalue weighted by atomic mass is 16.3. The third kappa shape index (κ3) is 1.46. The zero-order chi connectivity index (χ0) is 11.2. The van der Waals surface area contributed by atoms with Gasteiger partial charge in [-0.3, -0.25) is 4.79 Å². The van der Waals surface area contributed by atoms with E-state index in [2.05, 4.69) is 0 Å². The van der Waals surface area contributed by atoms with Crippen LogP contribution in [0.5, 0.6) is 0 Å². The smallest absolute Gasteiger partial charge is 0.139 e. The predicted octanol–water partition coefficient (Wildman–Crippen LogP) is 2.69. The van der Waals surface area contributed by atoms with Gasteiger partial charge in [-0.25, -0.2) is 0 Å². The Bertz CT molecular complexity index is 299. The van der Waals surface area contributed by atoms with Gasteiger partial charge in [-0.15, -0.1) is 0 Å². The van der Waals surface area contributed by atoms with E-state index in [0.29, 0.717) is 17.6 Å². The van der Waals surface area contributed by atoms with Crippen LogP contribution in [0.2, 0.25) is 0 Å². The highest BCUT2D eigenvalue weighted by molar-refractivity contribution is 5.83. The van der Waals surface area contributed by atoms with Crippen LogP contribution in [0.4, 0.5) is 0 Å². The Morgan fingerprint density at radius 1 is 1.06 bits per heavy atom. The second-order valence-electron chi connectivity index (χ2n) is 6.11. The third-order valence-corrected chi connectivity index (χ3v) is 5.33. The van der Waals surface area contributed by atoms with Crippen LogP contribution in [-0.4, -0.2) is 16.5 Å². The van der Waals surface area contributed by atoms with Crippen molar-refractivity contribution in [3.05, 3.63) is 0 Å².